The zero-order chi connectivity index (χ0) is 24.3. The van der Waals surface area contributed by atoms with Crippen LogP contribution in [0.15, 0.2) is 18.2 Å². The van der Waals surface area contributed by atoms with E-state index in [0.29, 0.717) is 38.3 Å². The Kier molecular flexibility index (Phi) is 6.98. The number of esters is 1. The van der Waals surface area contributed by atoms with Crippen molar-refractivity contribution in [1.82, 2.24) is 15.1 Å². The average molecular weight is 469 g/mol. The van der Waals surface area contributed by atoms with Gasteiger partial charge in [-0.2, -0.15) is 5.10 Å². The van der Waals surface area contributed by atoms with E-state index < -0.39 is 11.8 Å². The van der Waals surface area contributed by atoms with Crippen molar-refractivity contribution in [2.75, 3.05) is 26.4 Å². The van der Waals surface area contributed by atoms with Crippen LogP contribution in [0.1, 0.15) is 58.8 Å². The van der Waals surface area contributed by atoms with Crippen molar-refractivity contribution in [3.8, 4) is 0 Å². The molecule has 0 unspecified atom stereocenters. The lowest BCUT2D eigenvalue weighted by Crippen LogP contribution is -2.41. The van der Waals surface area contributed by atoms with Gasteiger partial charge in [0, 0.05) is 32.2 Å². The van der Waals surface area contributed by atoms with Gasteiger partial charge in [0.05, 0.1) is 35.7 Å². The number of carbonyl (C=O) groups excluding carboxylic acids is 2. The molecule has 1 aromatic heterocycles. The Hall–Kier alpha value is -3.25. The molecule has 34 heavy (non-hydrogen) atoms. The van der Waals surface area contributed by atoms with Crippen LogP contribution in [-0.2, 0) is 28.9 Å². The maximum absolute atomic E-state index is 13.7. The quantitative estimate of drug-likeness (QED) is 0.516. The predicted molar refractivity (Wildman–Crippen MR) is 122 cm³/mol. The molecule has 2 aromatic rings. The van der Waals surface area contributed by atoms with Crippen molar-refractivity contribution in [2.24, 2.45) is 11.3 Å². The van der Waals surface area contributed by atoms with Crippen molar-refractivity contribution < 1.29 is 23.5 Å². The molecule has 0 radical (unpaired) electrons. The first-order chi connectivity index (χ1) is 16.3. The van der Waals surface area contributed by atoms with Crippen LogP contribution in [0.4, 0.5) is 10.1 Å². The summed E-state index contributed by atoms with van der Waals surface area (Å²) >= 11 is 0. The first-order valence-corrected chi connectivity index (χ1v) is 11.6. The maximum atomic E-state index is 13.7. The van der Waals surface area contributed by atoms with Crippen LogP contribution in [0.25, 0.3) is 4.85 Å². The number of ether oxygens (including phenoxy) is 2. The van der Waals surface area contributed by atoms with Gasteiger partial charge >= 0.3 is 5.97 Å². The molecule has 1 aromatic carbocycles. The standard InChI is InChI=1S/C25H29FN4O4/c1-4-20-22-21(12-25(15-28-23(22)31)5-7-33-8-6-25)30(29-20)13-16(2)14-34-24(32)17-9-18(26)11-19(10-17)27-3/h9-11,16H,4-8,12-15H2,1-2H3,(H,28,31)/t16-/m1/s1. The number of benzene rings is 1. The van der Waals surface area contributed by atoms with E-state index in [2.05, 4.69) is 10.2 Å². The largest absolute Gasteiger partial charge is 0.462 e. The van der Waals surface area contributed by atoms with Gasteiger partial charge in [-0.3, -0.25) is 9.48 Å². The second kappa shape index (κ2) is 9.94. The van der Waals surface area contributed by atoms with E-state index in [1.807, 2.05) is 18.5 Å². The fourth-order valence-corrected chi connectivity index (χ4v) is 4.73. The maximum Gasteiger partial charge on any atom is 0.336 e. The summed E-state index contributed by atoms with van der Waals surface area (Å²) < 4.78 is 26.5. The Morgan fingerprint density at radius 1 is 1.38 bits per heavy atom. The number of carbonyl (C=O) groups is 2. The van der Waals surface area contributed by atoms with E-state index in [4.69, 9.17) is 21.1 Å². The van der Waals surface area contributed by atoms with Gasteiger partial charge in [-0.05, 0) is 49.3 Å². The van der Waals surface area contributed by atoms with Crippen LogP contribution in [0, 0.1) is 23.7 Å². The number of aryl methyl sites for hydroxylation is 1. The van der Waals surface area contributed by atoms with Gasteiger partial charge in [-0.15, -0.1) is 0 Å². The van der Waals surface area contributed by atoms with Crippen molar-refractivity contribution in [3.63, 3.8) is 0 Å². The van der Waals surface area contributed by atoms with Crippen molar-refractivity contribution >= 4 is 17.6 Å². The van der Waals surface area contributed by atoms with E-state index in [-0.39, 0.29) is 35.1 Å². The SMILES string of the molecule is [C-]#[N+]c1cc(F)cc(C(=O)OC[C@H](C)Cn2nc(CC)c3c2CC2(CCOCC2)CNC3=O)c1. The smallest absolute Gasteiger partial charge is 0.336 e. The average Bonchev–Trinajstić information content (AvgIpc) is 3.10. The number of hydrogen-bond acceptors (Lipinski definition) is 5. The summed E-state index contributed by atoms with van der Waals surface area (Å²) in [4.78, 5) is 28.5. The highest BCUT2D eigenvalue weighted by atomic mass is 19.1. The molecule has 1 saturated heterocycles. The molecule has 0 bridgehead atoms. The van der Waals surface area contributed by atoms with Crippen molar-refractivity contribution in [3.05, 3.63) is 57.9 Å². The molecule has 0 aliphatic carbocycles. The molecular formula is C25H29FN4O4. The fourth-order valence-electron chi connectivity index (χ4n) is 4.73. The molecular weight excluding hydrogens is 439 g/mol. The molecule has 1 atom stereocenters. The lowest BCUT2D eigenvalue weighted by atomic mass is 9.76. The number of nitrogens with one attached hydrogen (secondary N) is 1. The summed E-state index contributed by atoms with van der Waals surface area (Å²) in [6.45, 7) is 13.5. The molecule has 1 N–H and O–H groups in total. The summed E-state index contributed by atoms with van der Waals surface area (Å²) in [5.74, 6) is -1.50. The first-order valence-electron chi connectivity index (χ1n) is 11.6. The normalized spacial score (nSPS) is 17.9. The summed E-state index contributed by atoms with van der Waals surface area (Å²) in [5.41, 5.74) is 2.38. The minimum Gasteiger partial charge on any atom is -0.462 e. The third-order valence-corrected chi connectivity index (χ3v) is 6.64. The molecule has 180 valence electrons. The van der Waals surface area contributed by atoms with E-state index >= 15 is 0 Å². The second-order valence-corrected chi connectivity index (χ2v) is 9.29. The Balaban J connectivity index is 1.49. The minimum atomic E-state index is -0.676. The molecule has 8 nitrogen and oxygen atoms in total. The van der Waals surface area contributed by atoms with E-state index in [1.165, 1.54) is 6.07 Å². The highest BCUT2D eigenvalue weighted by Gasteiger charge is 2.39. The molecule has 0 saturated carbocycles. The molecule has 3 heterocycles. The Labute approximate surface area is 198 Å². The van der Waals surface area contributed by atoms with Crippen molar-refractivity contribution in [2.45, 2.75) is 46.1 Å². The predicted octanol–water partition coefficient (Wildman–Crippen LogP) is 3.71. The number of halogens is 1. The topological polar surface area (TPSA) is 86.8 Å². The Morgan fingerprint density at radius 2 is 2.15 bits per heavy atom. The van der Waals surface area contributed by atoms with Crippen molar-refractivity contribution in [1.29, 1.82) is 0 Å². The highest BCUT2D eigenvalue weighted by molar-refractivity contribution is 5.97. The molecule has 1 spiro atoms. The van der Waals surface area contributed by atoms with Gasteiger partial charge in [-0.25, -0.2) is 14.0 Å². The fraction of sp³-hybridized carbons (Fsp3) is 0.520. The van der Waals surface area contributed by atoms with Gasteiger partial charge in [0.15, 0.2) is 5.69 Å². The Bertz CT molecular complexity index is 1130. The van der Waals surface area contributed by atoms with Crippen LogP contribution in [0.2, 0.25) is 0 Å². The van der Waals surface area contributed by atoms with Crippen LogP contribution < -0.4 is 5.32 Å². The van der Waals surface area contributed by atoms with Gasteiger partial charge in [0.2, 0.25) is 0 Å². The van der Waals surface area contributed by atoms with Gasteiger partial charge in [-0.1, -0.05) is 13.8 Å². The summed E-state index contributed by atoms with van der Waals surface area (Å²) in [6.07, 6.45) is 3.15. The summed E-state index contributed by atoms with van der Waals surface area (Å²) in [5, 5.41) is 7.85. The van der Waals surface area contributed by atoms with Crippen LogP contribution in [0.3, 0.4) is 0 Å². The highest BCUT2D eigenvalue weighted by Crippen LogP contribution is 2.37. The summed E-state index contributed by atoms with van der Waals surface area (Å²) in [6, 6.07) is 3.45. The lowest BCUT2D eigenvalue weighted by Gasteiger charge is -2.36. The van der Waals surface area contributed by atoms with E-state index in [1.54, 1.807) is 0 Å². The van der Waals surface area contributed by atoms with Gasteiger partial charge < -0.3 is 14.8 Å². The van der Waals surface area contributed by atoms with Crippen LogP contribution >= 0.6 is 0 Å². The van der Waals surface area contributed by atoms with Gasteiger partial charge in [0.1, 0.15) is 5.82 Å². The van der Waals surface area contributed by atoms with Crippen LogP contribution in [-0.4, -0.2) is 48.0 Å². The molecule has 1 amide bonds. The lowest BCUT2D eigenvalue weighted by molar-refractivity contribution is 0.0151. The molecule has 2 aliphatic rings. The first kappa shape index (κ1) is 23.9. The zero-order valence-electron chi connectivity index (χ0n) is 19.5. The third kappa shape index (κ3) is 4.97. The second-order valence-electron chi connectivity index (χ2n) is 9.29. The molecule has 2 aliphatic heterocycles. The number of amides is 1. The van der Waals surface area contributed by atoms with Gasteiger partial charge in [0.25, 0.3) is 5.91 Å². The monoisotopic (exact) mass is 468 g/mol. The molecule has 4 rings (SSSR count). The number of aromatic nitrogens is 2. The molecule has 1 fully saturated rings. The van der Waals surface area contributed by atoms with E-state index in [9.17, 15) is 14.0 Å². The Morgan fingerprint density at radius 3 is 2.85 bits per heavy atom. The minimum absolute atomic E-state index is 0.0116. The number of hydrogen-bond donors (Lipinski definition) is 1. The zero-order valence-corrected chi connectivity index (χ0v) is 19.5. The number of rotatable bonds is 6. The number of fused-ring (bicyclic) bond motifs is 1. The number of nitrogens with zero attached hydrogens (tertiary/aromatic N) is 3. The van der Waals surface area contributed by atoms with E-state index in [0.717, 1.165) is 42.8 Å². The third-order valence-electron chi connectivity index (χ3n) is 6.64. The molecule has 9 heteroatoms. The summed E-state index contributed by atoms with van der Waals surface area (Å²) in [7, 11) is 0. The van der Waals surface area contributed by atoms with Crippen LogP contribution in [0.5, 0.6) is 0 Å².